The number of aryl methyl sites for hydroxylation is 1. The fourth-order valence-electron chi connectivity index (χ4n) is 3.26. The van der Waals surface area contributed by atoms with Gasteiger partial charge in [-0.15, -0.1) is 0 Å². The van der Waals surface area contributed by atoms with Crippen LogP contribution in [0.5, 0.6) is 0 Å². The van der Waals surface area contributed by atoms with E-state index in [9.17, 15) is 18.0 Å². The molecule has 1 aromatic heterocycles. The van der Waals surface area contributed by atoms with Crippen LogP contribution in [-0.2, 0) is 17.5 Å². The van der Waals surface area contributed by atoms with E-state index in [1.165, 1.54) is 6.07 Å². The van der Waals surface area contributed by atoms with Crippen LogP contribution in [0.3, 0.4) is 0 Å². The summed E-state index contributed by atoms with van der Waals surface area (Å²) in [6.07, 6.45) is -4.58. The van der Waals surface area contributed by atoms with Crippen LogP contribution in [0.4, 0.5) is 18.9 Å². The van der Waals surface area contributed by atoms with E-state index in [1.54, 1.807) is 6.92 Å². The van der Waals surface area contributed by atoms with Crippen molar-refractivity contribution in [3.63, 3.8) is 0 Å². The van der Waals surface area contributed by atoms with Crippen LogP contribution in [0, 0.1) is 6.92 Å². The smallest absolute Gasteiger partial charge is 0.361 e. The Hall–Kier alpha value is -2.10. The number of piperazine rings is 1. The predicted molar refractivity (Wildman–Crippen MR) is 103 cm³/mol. The number of carbonyl (C=O) groups excluding carboxylic acids is 1. The van der Waals surface area contributed by atoms with Gasteiger partial charge >= 0.3 is 6.18 Å². The number of benzene rings is 1. The number of nitrogens with zero attached hydrogens (tertiary/aromatic N) is 3. The lowest BCUT2D eigenvalue weighted by Crippen LogP contribution is -2.52. The molecule has 0 aliphatic carbocycles. The molecule has 29 heavy (non-hydrogen) atoms. The molecule has 2 aromatic rings. The lowest BCUT2D eigenvalue weighted by atomic mass is 10.1. The molecule has 0 unspecified atom stereocenters. The average Bonchev–Trinajstić information content (AvgIpc) is 3.07. The zero-order chi connectivity index (χ0) is 21.2. The maximum absolute atomic E-state index is 13.0. The van der Waals surface area contributed by atoms with Crippen molar-refractivity contribution in [2.45, 2.75) is 32.6 Å². The standard InChI is InChI=1S/C19H22ClF3N4O2/c1-12-9-15(25-29-12)11-26-5-7-27(8-6-26)13(2)18(28)24-14-3-4-17(20)16(10-14)19(21,22)23/h3-4,9-10,13H,5-8,11H2,1-2H3,(H,24,28)/t13-/m0/s1. The summed E-state index contributed by atoms with van der Waals surface area (Å²) in [6.45, 7) is 7.10. The number of rotatable bonds is 5. The SMILES string of the molecule is Cc1cc(CN2CCN([C@@H](C)C(=O)Nc3ccc(Cl)c(C(F)(F)F)c3)CC2)no1. The molecule has 0 radical (unpaired) electrons. The third kappa shape index (κ3) is 5.49. The summed E-state index contributed by atoms with van der Waals surface area (Å²) >= 11 is 5.62. The first-order chi connectivity index (χ1) is 13.6. The van der Waals surface area contributed by atoms with Gasteiger partial charge in [-0.05, 0) is 32.0 Å². The van der Waals surface area contributed by atoms with E-state index in [1.807, 2.05) is 17.9 Å². The summed E-state index contributed by atoms with van der Waals surface area (Å²) in [6, 6.07) is 4.76. The number of anilines is 1. The third-order valence-corrected chi connectivity index (χ3v) is 5.27. The van der Waals surface area contributed by atoms with Gasteiger partial charge in [-0.25, -0.2) is 0 Å². The first-order valence-electron chi connectivity index (χ1n) is 9.19. The van der Waals surface area contributed by atoms with E-state index < -0.39 is 22.8 Å². The molecule has 1 amide bonds. The number of alkyl halides is 3. The maximum atomic E-state index is 13.0. The molecule has 0 bridgehead atoms. The predicted octanol–water partition coefficient (Wildman–Crippen LogP) is 3.80. The average molecular weight is 431 g/mol. The molecule has 0 saturated carbocycles. The number of amides is 1. The van der Waals surface area contributed by atoms with Crippen molar-refractivity contribution in [1.82, 2.24) is 15.0 Å². The van der Waals surface area contributed by atoms with Gasteiger partial charge in [-0.1, -0.05) is 16.8 Å². The molecule has 2 heterocycles. The highest BCUT2D eigenvalue weighted by Gasteiger charge is 2.34. The molecular formula is C19H22ClF3N4O2. The molecule has 1 aliphatic rings. The summed E-state index contributed by atoms with van der Waals surface area (Å²) in [4.78, 5) is 16.7. The largest absolute Gasteiger partial charge is 0.417 e. The summed E-state index contributed by atoms with van der Waals surface area (Å²) < 4.78 is 44.0. The van der Waals surface area contributed by atoms with E-state index in [0.717, 1.165) is 36.7 Å². The van der Waals surface area contributed by atoms with Gasteiger partial charge < -0.3 is 9.84 Å². The zero-order valence-electron chi connectivity index (χ0n) is 16.1. The minimum absolute atomic E-state index is 0.0682. The molecule has 1 fully saturated rings. The van der Waals surface area contributed by atoms with Crippen molar-refractivity contribution < 1.29 is 22.5 Å². The van der Waals surface area contributed by atoms with Crippen LogP contribution in [0.25, 0.3) is 0 Å². The summed E-state index contributed by atoms with van der Waals surface area (Å²) in [5.41, 5.74) is -0.0371. The minimum atomic E-state index is -4.58. The molecule has 1 aromatic carbocycles. The number of aromatic nitrogens is 1. The van der Waals surface area contributed by atoms with Gasteiger partial charge in [-0.2, -0.15) is 13.2 Å². The molecule has 1 saturated heterocycles. The Bertz CT molecular complexity index is 863. The number of halogens is 4. The van der Waals surface area contributed by atoms with Crippen molar-refractivity contribution in [3.8, 4) is 0 Å². The van der Waals surface area contributed by atoms with Gasteiger partial charge in [0.1, 0.15) is 5.76 Å². The molecule has 6 nitrogen and oxygen atoms in total. The van der Waals surface area contributed by atoms with Crippen molar-refractivity contribution in [3.05, 3.63) is 46.3 Å². The highest BCUT2D eigenvalue weighted by atomic mass is 35.5. The number of nitrogens with one attached hydrogen (secondary N) is 1. The van der Waals surface area contributed by atoms with E-state index in [0.29, 0.717) is 19.6 Å². The second-order valence-corrected chi connectivity index (χ2v) is 7.51. The highest BCUT2D eigenvalue weighted by Crippen LogP contribution is 2.36. The zero-order valence-corrected chi connectivity index (χ0v) is 16.8. The Morgan fingerprint density at radius 3 is 2.55 bits per heavy atom. The van der Waals surface area contributed by atoms with Crippen molar-refractivity contribution in [1.29, 1.82) is 0 Å². The first kappa shape index (κ1) is 21.6. The fraction of sp³-hybridized carbons (Fsp3) is 0.474. The van der Waals surface area contributed by atoms with E-state index >= 15 is 0 Å². The van der Waals surface area contributed by atoms with Crippen LogP contribution >= 0.6 is 11.6 Å². The molecule has 1 N–H and O–H groups in total. The Labute approximate surface area is 171 Å². The van der Waals surface area contributed by atoms with Gasteiger partial charge in [0.2, 0.25) is 5.91 Å². The fourth-order valence-corrected chi connectivity index (χ4v) is 3.49. The molecule has 0 spiro atoms. The first-order valence-corrected chi connectivity index (χ1v) is 9.57. The van der Waals surface area contributed by atoms with Crippen LogP contribution in [-0.4, -0.2) is 53.1 Å². The Balaban J connectivity index is 1.54. The summed E-state index contributed by atoms with van der Waals surface area (Å²) in [5, 5.41) is 6.14. The summed E-state index contributed by atoms with van der Waals surface area (Å²) in [5.74, 6) is 0.404. The Kier molecular flexibility index (Phi) is 6.50. The van der Waals surface area contributed by atoms with E-state index in [-0.39, 0.29) is 11.6 Å². The van der Waals surface area contributed by atoms with Gasteiger partial charge in [0.25, 0.3) is 0 Å². The number of hydrogen-bond donors (Lipinski definition) is 1. The van der Waals surface area contributed by atoms with Gasteiger partial charge in [0.15, 0.2) is 0 Å². The normalized spacial score (nSPS) is 17.3. The van der Waals surface area contributed by atoms with Crippen LogP contribution in [0.1, 0.15) is 23.9 Å². The molecule has 10 heteroatoms. The quantitative estimate of drug-likeness (QED) is 0.781. The van der Waals surface area contributed by atoms with E-state index in [2.05, 4.69) is 15.4 Å². The Morgan fingerprint density at radius 2 is 1.97 bits per heavy atom. The number of carbonyl (C=O) groups is 1. The Morgan fingerprint density at radius 1 is 1.28 bits per heavy atom. The van der Waals surface area contributed by atoms with Crippen molar-refractivity contribution >= 4 is 23.2 Å². The van der Waals surface area contributed by atoms with Crippen molar-refractivity contribution in [2.75, 3.05) is 31.5 Å². The highest BCUT2D eigenvalue weighted by molar-refractivity contribution is 6.31. The van der Waals surface area contributed by atoms with Gasteiger partial charge in [0.05, 0.1) is 22.3 Å². The second-order valence-electron chi connectivity index (χ2n) is 7.10. The monoisotopic (exact) mass is 430 g/mol. The summed E-state index contributed by atoms with van der Waals surface area (Å²) in [7, 11) is 0. The van der Waals surface area contributed by atoms with E-state index in [4.69, 9.17) is 16.1 Å². The lowest BCUT2D eigenvalue weighted by molar-refractivity contribution is -0.137. The minimum Gasteiger partial charge on any atom is -0.361 e. The topological polar surface area (TPSA) is 61.6 Å². The molecule has 3 rings (SSSR count). The molecular weight excluding hydrogens is 409 g/mol. The lowest BCUT2D eigenvalue weighted by Gasteiger charge is -2.37. The third-order valence-electron chi connectivity index (χ3n) is 4.94. The van der Waals surface area contributed by atoms with Crippen LogP contribution < -0.4 is 5.32 Å². The van der Waals surface area contributed by atoms with Crippen LogP contribution in [0.15, 0.2) is 28.8 Å². The van der Waals surface area contributed by atoms with Crippen molar-refractivity contribution in [2.24, 2.45) is 0 Å². The maximum Gasteiger partial charge on any atom is 0.417 e. The molecule has 1 aliphatic heterocycles. The van der Waals surface area contributed by atoms with Gasteiger partial charge in [0, 0.05) is 44.5 Å². The van der Waals surface area contributed by atoms with Crippen LogP contribution in [0.2, 0.25) is 5.02 Å². The molecule has 158 valence electrons. The number of hydrogen-bond acceptors (Lipinski definition) is 5. The second kappa shape index (κ2) is 8.73. The molecule has 1 atom stereocenters. The van der Waals surface area contributed by atoms with Gasteiger partial charge in [-0.3, -0.25) is 14.6 Å².